The molecule has 0 radical (unpaired) electrons. The van der Waals surface area contributed by atoms with E-state index in [4.69, 9.17) is 5.73 Å². The Morgan fingerprint density at radius 1 is 1.29 bits per heavy atom. The number of nitrogens with zero attached hydrogens (tertiary/aromatic N) is 2. The van der Waals surface area contributed by atoms with Crippen LogP contribution in [0.15, 0.2) is 0 Å². The zero-order chi connectivity index (χ0) is 15.8. The number of hydrogen-bond acceptors (Lipinski definition) is 6. The van der Waals surface area contributed by atoms with Crippen molar-refractivity contribution in [3.8, 4) is 0 Å². The molecule has 0 aliphatic rings. The lowest BCUT2D eigenvalue weighted by molar-refractivity contribution is -0.121. The van der Waals surface area contributed by atoms with Crippen LogP contribution in [-0.4, -0.2) is 48.4 Å². The van der Waals surface area contributed by atoms with Crippen LogP contribution in [0, 0.1) is 0 Å². The van der Waals surface area contributed by atoms with E-state index in [1.807, 2.05) is 13.8 Å². The number of nitrogen functional groups attached to an aromatic ring is 1. The molecule has 0 aliphatic carbocycles. The Bertz CT molecular complexity index is 489. The standard InChI is InChI=1S/C13H23N5O2S/c1-4-6-15-9(19)8-18(3)12(20)10-11(14)17-13(21-10)16-7-5-2/h4-8,14H2,1-3H3,(H,15,19)(H,16,17). The third kappa shape index (κ3) is 5.22. The lowest BCUT2D eigenvalue weighted by atomic mass is 10.4. The maximum Gasteiger partial charge on any atom is 0.268 e. The van der Waals surface area contributed by atoms with Crippen molar-refractivity contribution in [1.82, 2.24) is 15.2 Å². The number of rotatable bonds is 8. The van der Waals surface area contributed by atoms with Crippen molar-refractivity contribution < 1.29 is 9.59 Å². The van der Waals surface area contributed by atoms with Gasteiger partial charge in [-0.2, -0.15) is 0 Å². The fourth-order valence-corrected chi connectivity index (χ4v) is 2.48. The monoisotopic (exact) mass is 313 g/mol. The Morgan fingerprint density at radius 3 is 2.57 bits per heavy atom. The predicted octanol–water partition coefficient (Wildman–Crippen LogP) is 1.15. The highest BCUT2D eigenvalue weighted by Crippen LogP contribution is 2.25. The van der Waals surface area contributed by atoms with Gasteiger partial charge in [0.25, 0.3) is 5.91 Å². The molecule has 8 heteroatoms. The number of hydrogen-bond donors (Lipinski definition) is 3. The lowest BCUT2D eigenvalue weighted by Gasteiger charge is -2.15. The minimum Gasteiger partial charge on any atom is -0.382 e. The quantitative estimate of drug-likeness (QED) is 0.668. The van der Waals surface area contributed by atoms with Crippen molar-refractivity contribution in [2.45, 2.75) is 26.7 Å². The molecule has 2 amide bonds. The average molecular weight is 313 g/mol. The minimum atomic E-state index is -0.291. The fraction of sp³-hybridized carbons (Fsp3) is 0.615. The first kappa shape index (κ1) is 17.2. The largest absolute Gasteiger partial charge is 0.382 e. The highest BCUT2D eigenvalue weighted by atomic mass is 32.1. The van der Waals surface area contributed by atoms with Crippen LogP contribution in [-0.2, 0) is 4.79 Å². The van der Waals surface area contributed by atoms with Crippen LogP contribution in [0.5, 0.6) is 0 Å². The molecule has 0 fully saturated rings. The van der Waals surface area contributed by atoms with Gasteiger partial charge < -0.3 is 21.3 Å². The summed E-state index contributed by atoms with van der Waals surface area (Å²) < 4.78 is 0. The van der Waals surface area contributed by atoms with Crippen molar-refractivity contribution in [3.63, 3.8) is 0 Å². The fourth-order valence-electron chi connectivity index (χ4n) is 1.57. The molecule has 0 aromatic carbocycles. The second-order valence-electron chi connectivity index (χ2n) is 4.67. The van der Waals surface area contributed by atoms with E-state index in [1.165, 1.54) is 16.2 Å². The number of aromatic nitrogens is 1. The lowest BCUT2D eigenvalue weighted by Crippen LogP contribution is -2.38. The molecule has 0 saturated carbocycles. The molecule has 7 nitrogen and oxygen atoms in total. The molecule has 118 valence electrons. The van der Waals surface area contributed by atoms with Gasteiger partial charge >= 0.3 is 0 Å². The van der Waals surface area contributed by atoms with Gasteiger partial charge in [0.05, 0.1) is 6.54 Å². The van der Waals surface area contributed by atoms with E-state index in [0.29, 0.717) is 16.6 Å². The number of carbonyl (C=O) groups is 2. The average Bonchev–Trinajstić information content (AvgIpc) is 2.82. The molecule has 0 aliphatic heterocycles. The summed E-state index contributed by atoms with van der Waals surface area (Å²) in [6.07, 6.45) is 1.82. The molecule has 4 N–H and O–H groups in total. The van der Waals surface area contributed by atoms with Gasteiger partial charge in [-0.1, -0.05) is 25.2 Å². The smallest absolute Gasteiger partial charge is 0.268 e. The molecule has 0 saturated heterocycles. The summed E-state index contributed by atoms with van der Waals surface area (Å²) in [5.74, 6) is -0.272. The molecule has 1 aromatic heterocycles. The Balaban J connectivity index is 2.65. The second-order valence-corrected chi connectivity index (χ2v) is 5.67. The summed E-state index contributed by atoms with van der Waals surface area (Å²) in [6, 6.07) is 0. The molecule has 1 aromatic rings. The maximum atomic E-state index is 12.3. The number of thiazole rings is 1. The van der Waals surface area contributed by atoms with Crippen LogP contribution in [0.25, 0.3) is 0 Å². The van der Waals surface area contributed by atoms with Crippen LogP contribution >= 0.6 is 11.3 Å². The normalized spacial score (nSPS) is 10.2. The summed E-state index contributed by atoms with van der Waals surface area (Å²) >= 11 is 1.21. The van der Waals surface area contributed by atoms with Gasteiger partial charge in [0.1, 0.15) is 10.7 Å². The van der Waals surface area contributed by atoms with Crippen molar-refractivity contribution in [2.24, 2.45) is 0 Å². The molecule has 0 unspecified atom stereocenters. The Hall–Kier alpha value is -1.83. The highest BCUT2D eigenvalue weighted by molar-refractivity contribution is 7.18. The van der Waals surface area contributed by atoms with Gasteiger partial charge in [0.15, 0.2) is 5.13 Å². The molecule has 0 spiro atoms. The van der Waals surface area contributed by atoms with Crippen molar-refractivity contribution in [2.75, 3.05) is 37.7 Å². The van der Waals surface area contributed by atoms with Gasteiger partial charge in [0.2, 0.25) is 5.91 Å². The van der Waals surface area contributed by atoms with E-state index in [0.717, 1.165) is 19.4 Å². The number of amides is 2. The van der Waals surface area contributed by atoms with Crippen LogP contribution in [0.4, 0.5) is 10.9 Å². The maximum absolute atomic E-state index is 12.3. The number of nitrogens with one attached hydrogen (secondary N) is 2. The van der Waals surface area contributed by atoms with Crippen molar-refractivity contribution in [3.05, 3.63) is 4.88 Å². The Labute approximate surface area is 128 Å². The van der Waals surface area contributed by atoms with Crippen LogP contribution in [0.2, 0.25) is 0 Å². The van der Waals surface area contributed by atoms with Gasteiger partial charge in [-0.15, -0.1) is 0 Å². The highest BCUT2D eigenvalue weighted by Gasteiger charge is 2.21. The zero-order valence-corrected chi connectivity index (χ0v) is 13.5. The van der Waals surface area contributed by atoms with Gasteiger partial charge in [-0.25, -0.2) is 4.98 Å². The van der Waals surface area contributed by atoms with Gasteiger partial charge in [-0.3, -0.25) is 9.59 Å². The molecule has 0 atom stereocenters. The first-order valence-corrected chi connectivity index (χ1v) is 7.83. The van der Waals surface area contributed by atoms with E-state index in [1.54, 1.807) is 7.05 Å². The summed E-state index contributed by atoms with van der Waals surface area (Å²) in [5, 5.41) is 6.45. The van der Waals surface area contributed by atoms with Gasteiger partial charge in [-0.05, 0) is 12.8 Å². The molecular formula is C13H23N5O2S. The predicted molar refractivity (Wildman–Crippen MR) is 85.6 cm³/mol. The molecule has 0 bridgehead atoms. The Kier molecular flexibility index (Phi) is 6.93. The molecule has 21 heavy (non-hydrogen) atoms. The van der Waals surface area contributed by atoms with Crippen molar-refractivity contribution >= 4 is 34.1 Å². The van der Waals surface area contributed by atoms with Crippen LogP contribution in [0.1, 0.15) is 36.4 Å². The van der Waals surface area contributed by atoms with Crippen LogP contribution in [0.3, 0.4) is 0 Å². The van der Waals surface area contributed by atoms with Crippen molar-refractivity contribution in [1.29, 1.82) is 0 Å². The van der Waals surface area contributed by atoms with Gasteiger partial charge in [0, 0.05) is 20.1 Å². The molecule has 1 heterocycles. The van der Waals surface area contributed by atoms with E-state index in [2.05, 4.69) is 15.6 Å². The first-order valence-electron chi connectivity index (χ1n) is 7.01. The van der Waals surface area contributed by atoms with E-state index >= 15 is 0 Å². The number of carbonyl (C=O) groups excluding carboxylic acids is 2. The minimum absolute atomic E-state index is 0.00783. The summed E-state index contributed by atoms with van der Waals surface area (Å²) in [5.41, 5.74) is 5.77. The summed E-state index contributed by atoms with van der Waals surface area (Å²) in [6.45, 7) is 5.40. The van der Waals surface area contributed by atoms with E-state index in [9.17, 15) is 9.59 Å². The third-order valence-corrected chi connectivity index (χ3v) is 3.69. The van der Waals surface area contributed by atoms with E-state index < -0.39 is 0 Å². The topological polar surface area (TPSA) is 100 Å². The number of anilines is 2. The second kappa shape index (κ2) is 8.46. The number of nitrogens with two attached hydrogens (primary N) is 1. The zero-order valence-electron chi connectivity index (χ0n) is 12.7. The SMILES string of the molecule is CCCNC(=O)CN(C)C(=O)c1sc(NCCC)nc1N. The molecular weight excluding hydrogens is 290 g/mol. The summed E-state index contributed by atoms with van der Waals surface area (Å²) in [4.78, 5) is 29.7. The van der Waals surface area contributed by atoms with Crippen LogP contribution < -0.4 is 16.4 Å². The molecule has 1 rings (SSSR count). The van der Waals surface area contributed by atoms with E-state index in [-0.39, 0.29) is 24.2 Å². The number of likely N-dealkylation sites (N-methyl/N-ethyl adjacent to an activating group) is 1. The first-order chi connectivity index (χ1) is 9.99. The summed E-state index contributed by atoms with van der Waals surface area (Å²) in [7, 11) is 1.58. The Morgan fingerprint density at radius 2 is 1.95 bits per heavy atom. The third-order valence-electron chi connectivity index (χ3n) is 2.67.